The Morgan fingerprint density at radius 2 is 1.78 bits per heavy atom. The maximum absolute atomic E-state index is 5.73. The van der Waals surface area contributed by atoms with Crippen molar-refractivity contribution in [1.82, 2.24) is 14.3 Å². The molecular weight excluding hydrogens is 374 g/mol. The van der Waals surface area contributed by atoms with Crippen molar-refractivity contribution in [1.29, 1.82) is 0 Å². The Hall–Kier alpha value is -1.80. The molecule has 1 aromatic carbocycles. The predicted molar refractivity (Wildman–Crippen MR) is 111 cm³/mol. The molecule has 0 radical (unpaired) electrons. The van der Waals surface area contributed by atoms with E-state index in [1.54, 1.807) is 21.1 Å². The van der Waals surface area contributed by atoms with Crippen molar-refractivity contribution >= 4 is 23.6 Å². The van der Waals surface area contributed by atoms with Gasteiger partial charge < -0.3 is 9.80 Å². The van der Waals surface area contributed by atoms with E-state index in [4.69, 9.17) is 17.3 Å². The molecule has 2 N–H and O–H groups in total. The molecule has 3 aromatic rings. The van der Waals surface area contributed by atoms with Crippen LogP contribution < -0.4 is 9.80 Å². The highest BCUT2D eigenvalue weighted by atomic mass is 32.1. The van der Waals surface area contributed by atoms with Crippen LogP contribution in [0.2, 0.25) is 0 Å². The Balaban J connectivity index is 1.36. The topological polar surface area (TPSA) is 31.6 Å². The summed E-state index contributed by atoms with van der Waals surface area (Å²) in [7, 11) is 0. The van der Waals surface area contributed by atoms with Crippen LogP contribution in [0.3, 0.4) is 0 Å². The first-order valence-electron chi connectivity index (χ1n) is 9.55. The van der Waals surface area contributed by atoms with Crippen LogP contribution in [0, 0.1) is 11.7 Å². The minimum absolute atomic E-state index is 0.791. The van der Waals surface area contributed by atoms with Gasteiger partial charge in [0.15, 0.2) is 6.67 Å². The predicted octanol–water partition coefficient (Wildman–Crippen LogP) is 0.773. The largest absolute Gasteiger partial charge is 0.322 e. The number of benzene rings is 1. The monoisotopic (exact) mass is 401 g/mol. The molecule has 1 fully saturated rings. The van der Waals surface area contributed by atoms with Gasteiger partial charge >= 0.3 is 0 Å². The summed E-state index contributed by atoms with van der Waals surface area (Å²) in [6, 6.07) is 12.7. The van der Waals surface area contributed by atoms with E-state index < -0.39 is 0 Å². The first-order chi connectivity index (χ1) is 13.2. The van der Waals surface area contributed by atoms with Crippen molar-refractivity contribution in [3.05, 3.63) is 68.9 Å². The molecule has 1 saturated heterocycles. The average molecular weight is 402 g/mol. The van der Waals surface area contributed by atoms with Gasteiger partial charge in [0, 0.05) is 5.56 Å². The number of thiophene rings is 1. The molecule has 5 nitrogen and oxygen atoms in total. The van der Waals surface area contributed by atoms with Gasteiger partial charge in [-0.25, -0.2) is 0 Å². The zero-order chi connectivity index (χ0) is 18.6. The van der Waals surface area contributed by atoms with E-state index in [1.165, 1.54) is 37.3 Å². The molecule has 4 rings (SSSR count). The van der Waals surface area contributed by atoms with Crippen molar-refractivity contribution < 1.29 is 9.80 Å². The first-order valence-corrected chi connectivity index (χ1v) is 10.9. The summed E-state index contributed by atoms with van der Waals surface area (Å²) in [6.07, 6.45) is 0. The number of quaternary nitrogens is 2. The Morgan fingerprint density at radius 3 is 2.48 bits per heavy atom. The van der Waals surface area contributed by atoms with Crippen molar-refractivity contribution in [3.63, 3.8) is 0 Å². The van der Waals surface area contributed by atoms with Gasteiger partial charge in [0.1, 0.15) is 38.5 Å². The van der Waals surface area contributed by atoms with Crippen molar-refractivity contribution in [3.8, 4) is 0 Å². The quantitative estimate of drug-likeness (QED) is 0.598. The van der Waals surface area contributed by atoms with Gasteiger partial charge in [0.05, 0.1) is 6.54 Å². The average Bonchev–Trinajstić information content (AvgIpc) is 3.28. The summed E-state index contributed by atoms with van der Waals surface area (Å²) < 4.78 is 4.99. The lowest BCUT2D eigenvalue weighted by Gasteiger charge is -2.29. The molecule has 1 aliphatic rings. The molecule has 2 aromatic heterocycles. The highest BCUT2D eigenvalue weighted by molar-refractivity contribution is 7.71. The highest BCUT2D eigenvalue weighted by Crippen LogP contribution is 2.06. The summed E-state index contributed by atoms with van der Waals surface area (Å²) in [6.45, 7) is 9.63. The van der Waals surface area contributed by atoms with Crippen LogP contribution in [-0.4, -0.2) is 40.5 Å². The molecule has 0 atom stereocenters. The SMILES string of the molecule is Cc1nn(C[NH+]2CC[NH+](Cc3ccsc3)CC2)c(=S)n1Cc1ccccc1. The number of aryl methyl sites for hydroxylation is 1. The van der Waals surface area contributed by atoms with Crippen LogP contribution in [0.5, 0.6) is 0 Å². The second-order valence-electron chi connectivity index (χ2n) is 7.37. The van der Waals surface area contributed by atoms with Gasteiger partial charge in [-0.1, -0.05) is 30.3 Å². The third kappa shape index (κ3) is 4.55. The molecule has 7 heteroatoms. The molecule has 0 saturated carbocycles. The van der Waals surface area contributed by atoms with E-state index in [2.05, 4.69) is 45.7 Å². The molecule has 142 valence electrons. The second-order valence-corrected chi connectivity index (χ2v) is 8.51. The lowest BCUT2D eigenvalue weighted by Crippen LogP contribution is -3.27. The van der Waals surface area contributed by atoms with Crippen LogP contribution in [0.1, 0.15) is 17.0 Å². The van der Waals surface area contributed by atoms with Crippen molar-refractivity contribution in [2.75, 3.05) is 26.2 Å². The zero-order valence-corrected chi connectivity index (χ0v) is 17.4. The Bertz CT molecular complexity index is 906. The van der Waals surface area contributed by atoms with Crippen molar-refractivity contribution in [2.24, 2.45) is 0 Å². The molecule has 0 bridgehead atoms. The van der Waals surface area contributed by atoms with E-state index in [0.29, 0.717) is 0 Å². The number of aromatic nitrogens is 3. The standard InChI is InChI=1S/C20H25N5S2/c1-17-21-25(20(26)24(17)14-18-5-3-2-4-6-18)16-23-10-8-22(9-11-23)13-19-7-12-27-15-19/h2-7,12,15H,8-11,13-14,16H2,1H3/p+2. The molecule has 3 heterocycles. The third-order valence-electron chi connectivity index (χ3n) is 5.36. The van der Waals surface area contributed by atoms with Crippen LogP contribution in [-0.2, 0) is 19.8 Å². The number of hydrogen-bond acceptors (Lipinski definition) is 3. The molecule has 0 unspecified atom stereocenters. The van der Waals surface area contributed by atoms with Crippen LogP contribution >= 0.6 is 23.6 Å². The lowest BCUT2D eigenvalue weighted by molar-refractivity contribution is -1.03. The fourth-order valence-electron chi connectivity index (χ4n) is 3.79. The Morgan fingerprint density at radius 1 is 1.04 bits per heavy atom. The van der Waals surface area contributed by atoms with Gasteiger partial charge in [-0.2, -0.15) is 21.1 Å². The van der Waals surface area contributed by atoms with E-state index in [0.717, 1.165) is 30.4 Å². The molecule has 0 aliphatic carbocycles. The first kappa shape index (κ1) is 18.6. The van der Waals surface area contributed by atoms with Gasteiger partial charge in [0.2, 0.25) is 4.77 Å². The summed E-state index contributed by atoms with van der Waals surface area (Å²) >= 11 is 7.52. The van der Waals surface area contributed by atoms with Crippen LogP contribution in [0.15, 0.2) is 47.2 Å². The Labute approximate surface area is 169 Å². The maximum Gasteiger partial charge on any atom is 0.203 e. The van der Waals surface area contributed by atoms with Gasteiger partial charge in [-0.05, 0) is 41.5 Å². The summed E-state index contributed by atoms with van der Waals surface area (Å²) in [4.78, 5) is 3.26. The molecule has 27 heavy (non-hydrogen) atoms. The number of rotatable bonds is 6. The highest BCUT2D eigenvalue weighted by Gasteiger charge is 2.24. The second kappa shape index (κ2) is 8.48. The minimum atomic E-state index is 0.791. The van der Waals surface area contributed by atoms with E-state index in [-0.39, 0.29) is 0 Å². The normalized spacial score (nSPS) is 20.0. The minimum Gasteiger partial charge on any atom is -0.322 e. The molecule has 0 amide bonds. The van der Waals surface area contributed by atoms with Gasteiger partial charge in [-0.3, -0.25) is 4.57 Å². The Kier molecular flexibility index (Phi) is 5.83. The number of hydrogen-bond donors (Lipinski definition) is 2. The molecule has 1 aliphatic heterocycles. The van der Waals surface area contributed by atoms with Gasteiger partial charge in [0.25, 0.3) is 0 Å². The maximum atomic E-state index is 5.73. The van der Waals surface area contributed by atoms with Crippen LogP contribution in [0.25, 0.3) is 0 Å². The number of nitrogens with one attached hydrogen (secondary N) is 2. The molecule has 0 spiro atoms. The van der Waals surface area contributed by atoms with Gasteiger partial charge in [-0.15, -0.1) is 0 Å². The van der Waals surface area contributed by atoms with E-state index in [1.807, 2.05) is 17.7 Å². The fraction of sp³-hybridized carbons (Fsp3) is 0.400. The third-order valence-corrected chi connectivity index (χ3v) is 6.53. The fourth-order valence-corrected chi connectivity index (χ4v) is 4.76. The number of nitrogens with zero attached hydrogens (tertiary/aromatic N) is 3. The van der Waals surface area contributed by atoms with E-state index in [9.17, 15) is 0 Å². The summed E-state index contributed by atoms with van der Waals surface area (Å²) in [5.41, 5.74) is 2.73. The summed E-state index contributed by atoms with van der Waals surface area (Å²) in [5, 5.41) is 9.17. The smallest absolute Gasteiger partial charge is 0.203 e. The van der Waals surface area contributed by atoms with E-state index >= 15 is 0 Å². The van der Waals surface area contributed by atoms with Crippen molar-refractivity contribution in [2.45, 2.75) is 26.7 Å². The summed E-state index contributed by atoms with van der Waals surface area (Å²) in [5.74, 6) is 0.991. The number of piperazine rings is 1. The van der Waals surface area contributed by atoms with Crippen LogP contribution in [0.4, 0.5) is 0 Å². The zero-order valence-electron chi connectivity index (χ0n) is 15.7. The lowest BCUT2D eigenvalue weighted by atomic mass is 10.2. The molecular formula is C20H27N5S2+2.